The van der Waals surface area contributed by atoms with Crippen molar-refractivity contribution in [3.05, 3.63) is 35.4 Å². The van der Waals surface area contributed by atoms with Crippen molar-refractivity contribution in [2.75, 3.05) is 40.8 Å². The molecule has 1 fully saturated rings. The van der Waals surface area contributed by atoms with Gasteiger partial charge < -0.3 is 10.2 Å². The smallest absolute Gasteiger partial charge is 0.0488 e. The van der Waals surface area contributed by atoms with Crippen LogP contribution in [0, 0.1) is 0 Å². The van der Waals surface area contributed by atoms with Crippen molar-refractivity contribution in [1.29, 1.82) is 0 Å². The fourth-order valence-electron chi connectivity index (χ4n) is 3.22. The van der Waals surface area contributed by atoms with E-state index < -0.39 is 0 Å². The highest BCUT2D eigenvalue weighted by molar-refractivity contribution is 5.27. The number of nitrogens with zero attached hydrogens (tertiary/aromatic N) is 2. The minimum absolute atomic E-state index is 0.402. The van der Waals surface area contributed by atoms with Gasteiger partial charge in [-0.15, -0.1) is 0 Å². The maximum absolute atomic E-state index is 3.54. The number of piperazine rings is 1. The molecule has 2 unspecified atom stereocenters. The average Bonchev–Trinajstić information content (AvgIpc) is 2.44. The molecule has 112 valence electrons. The molecule has 0 radical (unpaired) electrons. The second kappa shape index (κ2) is 7.21. The molecule has 2 atom stereocenters. The molecule has 0 saturated carbocycles. The summed E-state index contributed by atoms with van der Waals surface area (Å²) in [5.74, 6) is 0. The molecule has 0 bridgehead atoms. The number of likely N-dealkylation sites (N-methyl/N-ethyl adjacent to an activating group) is 3. The number of hydrogen-bond acceptors (Lipinski definition) is 3. The Bertz CT molecular complexity index is 418. The van der Waals surface area contributed by atoms with E-state index in [0.717, 1.165) is 13.1 Å². The van der Waals surface area contributed by atoms with Crippen LogP contribution in [0.1, 0.15) is 30.5 Å². The first-order valence-electron chi connectivity index (χ1n) is 7.80. The predicted octanol–water partition coefficient (Wildman–Crippen LogP) is 2.15. The summed E-state index contributed by atoms with van der Waals surface area (Å²) in [6.07, 6.45) is 2.38. The van der Waals surface area contributed by atoms with E-state index in [9.17, 15) is 0 Å². The summed E-state index contributed by atoms with van der Waals surface area (Å²) in [6.45, 7) is 5.68. The first-order valence-corrected chi connectivity index (χ1v) is 7.80. The molecule has 20 heavy (non-hydrogen) atoms. The van der Waals surface area contributed by atoms with Crippen LogP contribution in [0.4, 0.5) is 0 Å². The van der Waals surface area contributed by atoms with Gasteiger partial charge in [-0.1, -0.05) is 37.6 Å². The maximum atomic E-state index is 3.54. The Labute approximate surface area is 124 Å². The van der Waals surface area contributed by atoms with Gasteiger partial charge in [-0.3, -0.25) is 4.90 Å². The van der Waals surface area contributed by atoms with Gasteiger partial charge in [0.15, 0.2) is 0 Å². The van der Waals surface area contributed by atoms with Crippen molar-refractivity contribution in [3.63, 3.8) is 0 Å². The van der Waals surface area contributed by atoms with Gasteiger partial charge in [0, 0.05) is 31.7 Å². The van der Waals surface area contributed by atoms with Gasteiger partial charge in [0.1, 0.15) is 0 Å². The second-order valence-corrected chi connectivity index (χ2v) is 6.07. The van der Waals surface area contributed by atoms with E-state index in [1.54, 1.807) is 0 Å². The van der Waals surface area contributed by atoms with Crippen molar-refractivity contribution in [1.82, 2.24) is 15.1 Å². The number of benzene rings is 1. The maximum Gasteiger partial charge on any atom is 0.0488 e. The van der Waals surface area contributed by atoms with Crippen LogP contribution < -0.4 is 5.32 Å². The molecular formula is C17H29N3. The molecule has 0 amide bonds. The molecule has 1 N–H and O–H groups in total. The zero-order valence-electron chi connectivity index (χ0n) is 13.4. The fourth-order valence-corrected chi connectivity index (χ4v) is 3.22. The van der Waals surface area contributed by atoms with E-state index in [-0.39, 0.29) is 0 Å². The summed E-state index contributed by atoms with van der Waals surface area (Å²) in [4.78, 5) is 4.93. The molecule has 1 saturated heterocycles. The second-order valence-electron chi connectivity index (χ2n) is 6.07. The highest BCUT2D eigenvalue weighted by atomic mass is 15.3. The van der Waals surface area contributed by atoms with E-state index in [4.69, 9.17) is 0 Å². The topological polar surface area (TPSA) is 18.5 Å². The summed E-state index contributed by atoms with van der Waals surface area (Å²) in [7, 11) is 6.55. The molecule has 1 heterocycles. The lowest BCUT2D eigenvalue weighted by Gasteiger charge is -2.42. The van der Waals surface area contributed by atoms with Crippen LogP contribution in [0.5, 0.6) is 0 Å². The number of aryl methyl sites for hydroxylation is 1. The zero-order valence-corrected chi connectivity index (χ0v) is 13.4. The molecule has 3 heteroatoms. The molecule has 2 rings (SSSR count). The molecule has 1 aromatic carbocycles. The third-order valence-electron chi connectivity index (χ3n) is 4.44. The summed E-state index contributed by atoms with van der Waals surface area (Å²) in [5.41, 5.74) is 2.88. The Morgan fingerprint density at radius 3 is 2.80 bits per heavy atom. The quantitative estimate of drug-likeness (QED) is 0.888. The largest absolute Gasteiger partial charge is 0.312 e. The standard InChI is InChI=1S/C17H29N3/c1-5-7-14-8-6-9-15(12-14)17(18-2)16-13-19(3)10-11-20(16)4/h6,8-9,12,16-18H,5,7,10-11,13H2,1-4H3. The molecule has 1 aliphatic heterocycles. The third-order valence-corrected chi connectivity index (χ3v) is 4.44. The minimum atomic E-state index is 0.402. The van der Waals surface area contributed by atoms with E-state index in [0.29, 0.717) is 12.1 Å². The fraction of sp³-hybridized carbons (Fsp3) is 0.647. The SMILES string of the molecule is CCCc1cccc(C(NC)C2CN(C)CCN2C)c1. The van der Waals surface area contributed by atoms with Crippen LogP contribution in [-0.2, 0) is 6.42 Å². The van der Waals surface area contributed by atoms with Crippen molar-refractivity contribution >= 4 is 0 Å². The Hall–Kier alpha value is -0.900. The minimum Gasteiger partial charge on any atom is -0.312 e. The van der Waals surface area contributed by atoms with Crippen molar-refractivity contribution in [2.45, 2.75) is 31.8 Å². The van der Waals surface area contributed by atoms with Gasteiger partial charge in [0.2, 0.25) is 0 Å². The predicted molar refractivity (Wildman–Crippen MR) is 86.2 cm³/mol. The lowest BCUT2D eigenvalue weighted by molar-refractivity contribution is 0.0897. The summed E-state index contributed by atoms with van der Waals surface area (Å²) in [6, 6.07) is 10.0. The Kier molecular flexibility index (Phi) is 5.58. The lowest BCUT2D eigenvalue weighted by Crippen LogP contribution is -2.54. The highest BCUT2D eigenvalue weighted by Crippen LogP contribution is 2.24. The van der Waals surface area contributed by atoms with Gasteiger partial charge >= 0.3 is 0 Å². The van der Waals surface area contributed by atoms with E-state index in [2.05, 4.69) is 67.4 Å². The number of nitrogens with one attached hydrogen (secondary N) is 1. The monoisotopic (exact) mass is 275 g/mol. The highest BCUT2D eigenvalue weighted by Gasteiger charge is 2.29. The van der Waals surface area contributed by atoms with Gasteiger partial charge in [-0.25, -0.2) is 0 Å². The molecule has 1 aromatic rings. The lowest BCUT2D eigenvalue weighted by atomic mass is 9.94. The van der Waals surface area contributed by atoms with E-state index in [1.165, 1.54) is 30.5 Å². The van der Waals surface area contributed by atoms with Gasteiger partial charge in [0.05, 0.1) is 0 Å². The van der Waals surface area contributed by atoms with Crippen LogP contribution in [0.2, 0.25) is 0 Å². The van der Waals surface area contributed by atoms with Gasteiger partial charge in [0.25, 0.3) is 0 Å². The number of rotatable bonds is 5. The van der Waals surface area contributed by atoms with E-state index in [1.807, 2.05) is 0 Å². The Balaban J connectivity index is 2.20. The van der Waals surface area contributed by atoms with Gasteiger partial charge in [-0.2, -0.15) is 0 Å². The molecule has 3 nitrogen and oxygen atoms in total. The Morgan fingerprint density at radius 2 is 2.10 bits per heavy atom. The summed E-state index contributed by atoms with van der Waals surface area (Å²) >= 11 is 0. The number of hydrogen-bond donors (Lipinski definition) is 1. The zero-order chi connectivity index (χ0) is 14.5. The first kappa shape index (κ1) is 15.5. The van der Waals surface area contributed by atoms with Crippen molar-refractivity contribution in [2.24, 2.45) is 0 Å². The summed E-state index contributed by atoms with van der Waals surface area (Å²) < 4.78 is 0. The van der Waals surface area contributed by atoms with Crippen LogP contribution in [0.3, 0.4) is 0 Å². The van der Waals surface area contributed by atoms with Crippen LogP contribution in [0.15, 0.2) is 24.3 Å². The first-order chi connectivity index (χ1) is 9.65. The van der Waals surface area contributed by atoms with Gasteiger partial charge in [-0.05, 0) is 38.7 Å². The molecule has 1 aliphatic rings. The Morgan fingerprint density at radius 1 is 1.30 bits per heavy atom. The third kappa shape index (κ3) is 3.60. The molecular weight excluding hydrogens is 246 g/mol. The molecule has 0 aliphatic carbocycles. The van der Waals surface area contributed by atoms with Crippen molar-refractivity contribution < 1.29 is 0 Å². The molecule has 0 aromatic heterocycles. The van der Waals surface area contributed by atoms with Crippen LogP contribution in [0.25, 0.3) is 0 Å². The summed E-state index contributed by atoms with van der Waals surface area (Å²) in [5, 5.41) is 3.54. The van der Waals surface area contributed by atoms with Crippen LogP contribution in [-0.4, -0.2) is 56.6 Å². The molecule has 0 spiro atoms. The van der Waals surface area contributed by atoms with Crippen molar-refractivity contribution in [3.8, 4) is 0 Å². The van der Waals surface area contributed by atoms with E-state index >= 15 is 0 Å². The average molecular weight is 275 g/mol. The van der Waals surface area contributed by atoms with Crippen LogP contribution >= 0.6 is 0 Å². The normalized spacial score (nSPS) is 22.9.